The highest BCUT2D eigenvalue weighted by molar-refractivity contribution is 6.33. The Hall–Kier alpha value is -0.280. The smallest absolute Gasteiger partial charge is 0.0452 e. The molecule has 0 radical (unpaired) electrons. The van der Waals surface area contributed by atoms with Crippen molar-refractivity contribution < 1.29 is 0 Å². The van der Waals surface area contributed by atoms with Gasteiger partial charge < -0.3 is 5.32 Å². The Morgan fingerprint density at radius 2 is 2.25 bits per heavy atom. The second-order valence-electron chi connectivity index (χ2n) is 4.33. The second-order valence-corrected chi connectivity index (χ2v) is 5.17. The van der Waals surface area contributed by atoms with E-state index < -0.39 is 0 Å². The summed E-state index contributed by atoms with van der Waals surface area (Å²) in [5.74, 6) is 0. The number of nitrogens with zero attached hydrogens (tertiary/aromatic N) is 1. The van der Waals surface area contributed by atoms with Gasteiger partial charge >= 0.3 is 0 Å². The van der Waals surface area contributed by atoms with E-state index in [0.29, 0.717) is 6.04 Å². The Balaban J connectivity index is 2.05. The molecular formula is C12H16Cl2N2. The summed E-state index contributed by atoms with van der Waals surface area (Å²) in [7, 11) is 0. The summed E-state index contributed by atoms with van der Waals surface area (Å²) in [6, 6.07) is 6.20. The van der Waals surface area contributed by atoms with Crippen molar-refractivity contribution in [3.8, 4) is 0 Å². The van der Waals surface area contributed by atoms with Crippen molar-refractivity contribution in [1.82, 2.24) is 10.2 Å². The molecule has 0 spiro atoms. The summed E-state index contributed by atoms with van der Waals surface area (Å²) in [6.45, 7) is 6.24. The van der Waals surface area contributed by atoms with Gasteiger partial charge in [-0.2, -0.15) is 0 Å². The number of benzene rings is 1. The molecule has 1 unspecified atom stereocenters. The van der Waals surface area contributed by atoms with Crippen molar-refractivity contribution in [1.29, 1.82) is 0 Å². The maximum absolute atomic E-state index is 6.15. The Kier molecular flexibility index (Phi) is 4.09. The van der Waals surface area contributed by atoms with Crippen molar-refractivity contribution in [2.45, 2.75) is 19.5 Å². The predicted molar refractivity (Wildman–Crippen MR) is 69.2 cm³/mol. The molecule has 1 heterocycles. The van der Waals surface area contributed by atoms with Crippen LogP contribution in [0, 0.1) is 0 Å². The molecule has 1 atom stereocenters. The summed E-state index contributed by atoms with van der Waals surface area (Å²) < 4.78 is 0. The molecule has 0 aromatic heterocycles. The third kappa shape index (κ3) is 3.11. The average Bonchev–Trinajstić information content (AvgIpc) is 2.24. The zero-order valence-corrected chi connectivity index (χ0v) is 10.9. The van der Waals surface area contributed by atoms with Gasteiger partial charge in [0, 0.05) is 42.3 Å². The Morgan fingerprint density at radius 1 is 1.44 bits per heavy atom. The Bertz CT molecular complexity index is 368. The molecule has 1 saturated heterocycles. The molecule has 0 bridgehead atoms. The van der Waals surface area contributed by atoms with Crippen molar-refractivity contribution in [3.05, 3.63) is 33.8 Å². The molecule has 1 N–H and O–H groups in total. The van der Waals surface area contributed by atoms with Crippen LogP contribution in [0.25, 0.3) is 0 Å². The van der Waals surface area contributed by atoms with Gasteiger partial charge in [0.1, 0.15) is 0 Å². The SMILES string of the molecule is CC1CN(Cc2cc(Cl)ccc2Cl)CCN1. The van der Waals surface area contributed by atoms with Crippen molar-refractivity contribution >= 4 is 23.2 Å². The van der Waals surface area contributed by atoms with Gasteiger partial charge in [0.25, 0.3) is 0 Å². The fourth-order valence-electron chi connectivity index (χ4n) is 2.06. The van der Waals surface area contributed by atoms with Crippen LogP contribution < -0.4 is 5.32 Å². The molecular weight excluding hydrogens is 243 g/mol. The number of hydrogen-bond donors (Lipinski definition) is 1. The fourth-order valence-corrected chi connectivity index (χ4v) is 2.43. The monoisotopic (exact) mass is 258 g/mol. The number of rotatable bonds is 2. The minimum absolute atomic E-state index is 0.548. The second kappa shape index (κ2) is 5.37. The van der Waals surface area contributed by atoms with Crippen molar-refractivity contribution in [2.24, 2.45) is 0 Å². The third-order valence-electron chi connectivity index (χ3n) is 2.85. The lowest BCUT2D eigenvalue weighted by Crippen LogP contribution is -2.48. The minimum Gasteiger partial charge on any atom is -0.312 e. The summed E-state index contributed by atoms with van der Waals surface area (Å²) in [5.41, 5.74) is 1.11. The van der Waals surface area contributed by atoms with E-state index >= 15 is 0 Å². The van der Waals surface area contributed by atoms with Gasteiger partial charge in [0.2, 0.25) is 0 Å². The molecule has 1 fully saturated rings. The Labute approximate surface area is 107 Å². The van der Waals surface area contributed by atoms with Crippen LogP contribution in [0.15, 0.2) is 18.2 Å². The van der Waals surface area contributed by atoms with Crippen LogP contribution in [0.5, 0.6) is 0 Å². The lowest BCUT2D eigenvalue weighted by atomic mass is 10.1. The highest BCUT2D eigenvalue weighted by Crippen LogP contribution is 2.22. The summed E-state index contributed by atoms with van der Waals surface area (Å²) in [4.78, 5) is 2.40. The molecule has 1 aliphatic heterocycles. The zero-order valence-electron chi connectivity index (χ0n) is 9.34. The normalized spacial score (nSPS) is 22.3. The van der Waals surface area contributed by atoms with E-state index in [0.717, 1.165) is 41.8 Å². The molecule has 2 nitrogen and oxygen atoms in total. The first-order valence-electron chi connectivity index (χ1n) is 5.55. The van der Waals surface area contributed by atoms with E-state index in [9.17, 15) is 0 Å². The van der Waals surface area contributed by atoms with Crippen LogP contribution in [0.3, 0.4) is 0 Å². The van der Waals surface area contributed by atoms with Crippen LogP contribution in [0.4, 0.5) is 0 Å². The van der Waals surface area contributed by atoms with Crippen LogP contribution in [0.2, 0.25) is 10.0 Å². The lowest BCUT2D eigenvalue weighted by Gasteiger charge is -2.32. The van der Waals surface area contributed by atoms with Crippen LogP contribution in [-0.2, 0) is 6.54 Å². The van der Waals surface area contributed by atoms with Gasteiger partial charge in [-0.25, -0.2) is 0 Å². The first-order chi connectivity index (χ1) is 7.65. The molecule has 1 aromatic rings. The number of nitrogens with one attached hydrogen (secondary N) is 1. The maximum Gasteiger partial charge on any atom is 0.0452 e. The van der Waals surface area contributed by atoms with E-state index in [1.54, 1.807) is 0 Å². The number of piperazine rings is 1. The molecule has 1 aliphatic rings. The zero-order chi connectivity index (χ0) is 11.5. The molecule has 88 valence electrons. The van der Waals surface area contributed by atoms with E-state index in [2.05, 4.69) is 17.1 Å². The van der Waals surface area contributed by atoms with E-state index in [-0.39, 0.29) is 0 Å². The van der Waals surface area contributed by atoms with Crippen LogP contribution in [0.1, 0.15) is 12.5 Å². The molecule has 0 amide bonds. The minimum atomic E-state index is 0.548. The molecule has 0 saturated carbocycles. The van der Waals surface area contributed by atoms with Gasteiger partial charge in [-0.15, -0.1) is 0 Å². The quantitative estimate of drug-likeness (QED) is 0.878. The van der Waals surface area contributed by atoms with Gasteiger partial charge in [0.15, 0.2) is 0 Å². The van der Waals surface area contributed by atoms with E-state index in [4.69, 9.17) is 23.2 Å². The highest BCUT2D eigenvalue weighted by atomic mass is 35.5. The van der Waals surface area contributed by atoms with Gasteiger partial charge in [-0.1, -0.05) is 23.2 Å². The first kappa shape index (κ1) is 12.2. The van der Waals surface area contributed by atoms with Crippen molar-refractivity contribution in [2.75, 3.05) is 19.6 Å². The summed E-state index contributed by atoms with van der Waals surface area (Å²) in [5, 5.41) is 4.98. The van der Waals surface area contributed by atoms with Crippen molar-refractivity contribution in [3.63, 3.8) is 0 Å². The Morgan fingerprint density at radius 3 is 3.00 bits per heavy atom. The lowest BCUT2D eigenvalue weighted by molar-refractivity contribution is 0.200. The van der Waals surface area contributed by atoms with Crippen LogP contribution in [-0.4, -0.2) is 30.6 Å². The van der Waals surface area contributed by atoms with Gasteiger partial charge in [-0.05, 0) is 30.7 Å². The average molecular weight is 259 g/mol. The molecule has 0 aliphatic carbocycles. The topological polar surface area (TPSA) is 15.3 Å². The summed E-state index contributed by atoms with van der Waals surface area (Å²) >= 11 is 12.1. The van der Waals surface area contributed by atoms with Gasteiger partial charge in [0.05, 0.1) is 0 Å². The molecule has 16 heavy (non-hydrogen) atoms. The number of hydrogen-bond acceptors (Lipinski definition) is 2. The van der Waals surface area contributed by atoms with E-state index in [1.807, 2.05) is 18.2 Å². The molecule has 1 aromatic carbocycles. The fraction of sp³-hybridized carbons (Fsp3) is 0.500. The van der Waals surface area contributed by atoms with Crippen LogP contribution >= 0.6 is 23.2 Å². The third-order valence-corrected chi connectivity index (χ3v) is 3.46. The predicted octanol–water partition coefficient (Wildman–Crippen LogP) is 2.79. The maximum atomic E-state index is 6.15. The summed E-state index contributed by atoms with van der Waals surface area (Å²) in [6.07, 6.45) is 0. The first-order valence-corrected chi connectivity index (χ1v) is 6.30. The molecule has 4 heteroatoms. The largest absolute Gasteiger partial charge is 0.312 e. The standard InChI is InChI=1S/C12H16Cl2N2/c1-9-7-16(5-4-15-9)8-10-6-11(13)2-3-12(10)14/h2-3,6,9,15H,4-5,7-8H2,1H3. The van der Waals surface area contributed by atoms with Gasteiger partial charge in [-0.3, -0.25) is 4.90 Å². The van der Waals surface area contributed by atoms with E-state index in [1.165, 1.54) is 0 Å². The highest BCUT2D eigenvalue weighted by Gasteiger charge is 2.16. The number of halogens is 2. The molecule has 2 rings (SSSR count).